The van der Waals surface area contributed by atoms with E-state index < -0.39 is 0 Å². The van der Waals surface area contributed by atoms with Gasteiger partial charge >= 0.3 is 0 Å². The van der Waals surface area contributed by atoms with Crippen LogP contribution in [0.2, 0.25) is 0 Å². The van der Waals surface area contributed by atoms with Crippen molar-refractivity contribution in [2.75, 3.05) is 13.6 Å². The Bertz CT molecular complexity index is 436. The highest BCUT2D eigenvalue weighted by atomic mass is 35.5. The molecule has 2 N–H and O–H groups in total. The van der Waals surface area contributed by atoms with E-state index in [0.717, 1.165) is 18.4 Å². The smallest absolute Gasteiger partial charge is 0.234 e. The predicted octanol–water partition coefficient (Wildman–Crippen LogP) is 2.81. The number of likely N-dealkylation sites (N-methyl/N-ethyl adjacent to an activating group) is 1. The molecular weight excluding hydrogens is 279 g/mol. The van der Waals surface area contributed by atoms with Gasteiger partial charge in [-0.3, -0.25) is 4.79 Å². The summed E-state index contributed by atoms with van der Waals surface area (Å²) in [6.45, 7) is 0.290. The van der Waals surface area contributed by atoms with Crippen molar-refractivity contribution in [1.29, 1.82) is 0 Å². The molecule has 20 heavy (non-hydrogen) atoms. The zero-order valence-corrected chi connectivity index (χ0v) is 12.5. The maximum absolute atomic E-state index is 13.4. The van der Waals surface area contributed by atoms with Gasteiger partial charge in [-0.05, 0) is 43.5 Å². The lowest BCUT2D eigenvalue weighted by molar-refractivity contribution is -0.121. The van der Waals surface area contributed by atoms with Crippen molar-refractivity contribution < 1.29 is 9.18 Å². The number of carbonyl (C=O) groups is 1. The summed E-state index contributed by atoms with van der Waals surface area (Å²) in [4.78, 5) is 11.8. The molecule has 0 bridgehead atoms. The zero-order chi connectivity index (χ0) is 13.7. The molecule has 1 fully saturated rings. The predicted molar refractivity (Wildman–Crippen MR) is 80.4 cm³/mol. The number of benzene rings is 1. The highest BCUT2D eigenvalue weighted by Crippen LogP contribution is 2.35. The van der Waals surface area contributed by atoms with Crippen LogP contribution >= 0.6 is 12.4 Å². The molecule has 1 saturated carbocycles. The van der Waals surface area contributed by atoms with E-state index in [1.165, 1.54) is 25.0 Å². The maximum Gasteiger partial charge on any atom is 0.234 e. The molecule has 2 rings (SSSR count). The van der Waals surface area contributed by atoms with Crippen LogP contribution in [0.5, 0.6) is 0 Å². The van der Waals surface area contributed by atoms with Crippen LogP contribution in [-0.4, -0.2) is 19.5 Å². The van der Waals surface area contributed by atoms with Gasteiger partial charge in [0.15, 0.2) is 0 Å². The highest BCUT2D eigenvalue weighted by molar-refractivity contribution is 5.85. The van der Waals surface area contributed by atoms with Crippen molar-refractivity contribution in [3.8, 4) is 0 Å². The van der Waals surface area contributed by atoms with Gasteiger partial charge in [0.05, 0.1) is 12.6 Å². The summed E-state index contributed by atoms with van der Waals surface area (Å²) in [5.74, 6) is 0.134. The average Bonchev–Trinajstić information content (AvgIpc) is 2.90. The van der Waals surface area contributed by atoms with E-state index in [4.69, 9.17) is 0 Å². The van der Waals surface area contributed by atoms with Gasteiger partial charge in [-0.15, -0.1) is 12.4 Å². The molecule has 1 aliphatic rings. The third-order valence-electron chi connectivity index (χ3n) is 3.73. The second-order valence-electron chi connectivity index (χ2n) is 5.18. The molecule has 0 spiro atoms. The Kier molecular flexibility index (Phi) is 6.96. The van der Waals surface area contributed by atoms with Gasteiger partial charge < -0.3 is 10.6 Å². The molecule has 1 unspecified atom stereocenters. The van der Waals surface area contributed by atoms with Crippen LogP contribution in [0.3, 0.4) is 0 Å². The number of amides is 1. The molecule has 3 nitrogen and oxygen atoms in total. The summed E-state index contributed by atoms with van der Waals surface area (Å²) in [6, 6.07) is 6.49. The van der Waals surface area contributed by atoms with Gasteiger partial charge in [0.2, 0.25) is 5.91 Å². The highest BCUT2D eigenvalue weighted by Gasteiger charge is 2.27. The van der Waals surface area contributed by atoms with E-state index in [9.17, 15) is 9.18 Å². The topological polar surface area (TPSA) is 41.1 Å². The summed E-state index contributed by atoms with van der Waals surface area (Å²) >= 11 is 0. The zero-order valence-electron chi connectivity index (χ0n) is 11.7. The van der Waals surface area contributed by atoms with Crippen molar-refractivity contribution in [2.45, 2.75) is 31.7 Å². The van der Waals surface area contributed by atoms with Gasteiger partial charge in [0, 0.05) is 0 Å². The van der Waals surface area contributed by atoms with Gasteiger partial charge in [-0.1, -0.05) is 25.0 Å². The molecule has 1 aliphatic carbocycles. The van der Waals surface area contributed by atoms with Gasteiger partial charge in [-0.2, -0.15) is 0 Å². The lowest BCUT2D eigenvalue weighted by atomic mass is 9.91. The first-order chi connectivity index (χ1) is 9.20. The minimum Gasteiger partial charge on any atom is -0.348 e. The minimum absolute atomic E-state index is 0. The normalized spacial score (nSPS) is 16.5. The first-order valence-electron chi connectivity index (χ1n) is 6.90. The second-order valence-corrected chi connectivity index (χ2v) is 5.18. The molecule has 0 aliphatic heterocycles. The van der Waals surface area contributed by atoms with Crippen molar-refractivity contribution in [3.63, 3.8) is 0 Å². The molecular formula is C15H22ClFN2O. The summed E-state index contributed by atoms with van der Waals surface area (Å²) in [5.41, 5.74) is 0.872. The SMILES string of the molecule is CNCC(=O)NC(c1cccc(F)c1)C1CCCC1.Cl. The Labute approximate surface area is 125 Å². The third-order valence-corrected chi connectivity index (χ3v) is 3.73. The van der Waals surface area contributed by atoms with Gasteiger partial charge in [0.1, 0.15) is 5.82 Å². The average molecular weight is 301 g/mol. The molecule has 1 amide bonds. The summed E-state index contributed by atoms with van der Waals surface area (Å²) in [5, 5.41) is 5.88. The molecule has 0 radical (unpaired) electrons. The van der Waals surface area contributed by atoms with Gasteiger partial charge in [-0.25, -0.2) is 4.39 Å². The molecule has 112 valence electrons. The molecule has 1 atom stereocenters. The van der Waals surface area contributed by atoms with Gasteiger partial charge in [0.25, 0.3) is 0 Å². The molecule has 0 saturated heterocycles. The van der Waals surface area contributed by atoms with E-state index in [1.54, 1.807) is 13.1 Å². The fourth-order valence-corrected chi connectivity index (χ4v) is 2.85. The van der Waals surface area contributed by atoms with Crippen molar-refractivity contribution >= 4 is 18.3 Å². The van der Waals surface area contributed by atoms with Crippen LogP contribution in [0.25, 0.3) is 0 Å². The van der Waals surface area contributed by atoms with Crippen LogP contribution in [0, 0.1) is 11.7 Å². The quantitative estimate of drug-likeness (QED) is 0.878. The van der Waals surface area contributed by atoms with Crippen LogP contribution in [-0.2, 0) is 4.79 Å². The summed E-state index contributed by atoms with van der Waals surface area (Å²) < 4.78 is 13.4. The van der Waals surface area contributed by atoms with E-state index >= 15 is 0 Å². The Balaban J connectivity index is 0.00000200. The molecule has 1 aromatic rings. The monoisotopic (exact) mass is 300 g/mol. The standard InChI is InChI=1S/C15H21FN2O.ClH/c1-17-10-14(19)18-15(11-5-2-3-6-11)12-7-4-8-13(16)9-12;/h4,7-9,11,15,17H,2-3,5-6,10H2,1H3,(H,18,19);1H. The molecule has 1 aromatic carbocycles. The Morgan fingerprint density at radius 3 is 2.70 bits per heavy atom. The van der Waals surface area contributed by atoms with E-state index in [2.05, 4.69) is 10.6 Å². The lowest BCUT2D eigenvalue weighted by Crippen LogP contribution is -2.37. The van der Waals surface area contributed by atoms with Crippen molar-refractivity contribution in [2.24, 2.45) is 5.92 Å². The number of carbonyl (C=O) groups excluding carboxylic acids is 1. The number of hydrogen-bond acceptors (Lipinski definition) is 2. The van der Waals surface area contributed by atoms with Crippen LogP contribution in [0.15, 0.2) is 24.3 Å². The lowest BCUT2D eigenvalue weighted by Gasteiger charge is -2.25. The fraction of sp³-hybridized carbons (Fsp3) is 0.533. The number of hydrogen-bond donors (Lipinski definition) is 2. The van der Waals surface area contributed by atoms with Crippen LogP contribution < -0.4 is 10.6 Å². The Hall–Kier alpha value is -1.13. The second kappa shape index (κ2) is 8.22. The molecule has 5 heteroatoms. The minimum atomic E-state index is -0.247. The largest absolute Gasteiger partial charge is 0.348 e. The number of nitrogens with one attached hydrogen (secondary N) is 2. The van der Waals surface area contributed by atoms with Crippen molar-refractivity contribution in [1.82, 2.24) is 10.6 Å². The fourth-order valence-electron chi connectivity index (χ4n) is 2.85. The Morgan fingerprint density at radius 1 is 1.40 bits per heavy atom. The first kappa shape index (κ1) is 16.9. The number of rotatable bonds is 5. The number of halogens is 2. The maximum atomic E-state index is 13.4. The Morgan fingerprint density at radius 2 is 2.10 bits per heavy atom. The van der Waals surface area contributed by atoms with E-state index in [0.29, 0.717) is 12.5 Å². The molecule has 0 heterocycles. The van der Waals surface area contributed by atoms with E-state index in [1.807, 2.05) is 6.07 Å². The van der Waals surface area contributed by atoms with Crippen LogP contribution in [0.1, 0.15) is 37.3 Å². The first-order valence-corrected chi connectivity index (χ1v) is 6.90. The van der Waals surface area contributed by atoms with Crippen LogP contribution in [0.4, 0.5) is 4.39 Å². The third kappa shape index (κ3) is 4.46. The summed E-state index contributed by atoms with van der Waals surface area (Å²) in [7, 11) is 1.74. The van der Waals surface area contributed by atoms with Crippen molar-refractivity contribution in [3.05, 3.63) is 35.6 Å². The molecule has 0 aromatic heterocycles. The van der Waals surface area contributed by atoms with E-state index in [-0.39, 0.29) is 30.2 Å². The summed E-state index contributed by atoms with van der Waals surface area (Å²) in [6.07, 6.45) is 4.58.